The Morgan fingerprint density at radius 2 is 1.35 bits per heavy atom. The molecule has 2 aliphatic rings. The van der Waals surface area contributed by atoms with Crippen molar-refractivity contribution < 1.29 is 14.4 Å². The van der Waals surface area contributed by atoms with Gasteiger partial charge in [-0.1, -0.05) is 44.2 Å². The molecule has 0 atom stereocenters. The number of amides is 3. The van der Waals surface area contributed by atoms with E-state index in [-0.39, 0.29) is 23.6 Å². The fraction of sp³-hybridized carbons (Fsp3) is 0.640. The second-order valence-electron chi connectivity index (χ2n) is 9.28. The smallest absolute Gasteiger partial charge is 0.225 e. The molecule has 0 N–H and O–H groups in total. The van der Waals surface area contributed by atoms with Gasteiger partial charge in [0.25, 0.3) is 0 Å². The van der Waals surface area contributed by atoms with Crippen molar-refractivity contribution in [3.05, 3.63) is 35.9 Å². The summed E-state index contributed by atoms with van der Waals surface area (Å²) < 4.78 is 0. The number of aryl methyl sites for hydroxylation is 1. The van der Waals surface area contributed by atoms with Crippen LogP contribution in [0.5, 0.6) is 0 Å². The van der Waals surface area contributed by atoms with E-state index in [1.807, 2.05) is 32.9 Å². The standard InChI is InChI=1S/C25H37N3O3/c1-20(2)8-10-23(29)27-16-18-28(19-17-27)25(31)22-12-14-26(15-13-22)24(30)11-9-21-6-4-3-5-7-21/h3-7,20,22H,8-19H2,1-2H3. The Bertz CT molecular complexity index is 734. The first kappa shape index (κ1) is 23.3. The Morgan fingerprint density at radius 1 is 0.806 bits per heavy atom. The van der Waals surface area contributed by atoms with Crippen LogP contribution in [0, 0.1) is 11.8 Å². The Morgan fingerprint density at radius 3 is 1.97 bits per heavy atom. The van der Waals surface area contributed by atoms with Crippen molar-refractivity contribution >= 4 is 17.7 Å². The number of hydrogen-bond donors (Lipinski definition) is 0. The highest BCUT2D eigenvalue weighted by Crippen LogP contribution is 2.22. The lowest BCUT2D eigenvalue weighted by Gasteiger charge is -2.38. The molecule has 0 unspecified atom stereocenters. The number of likely N-dealkylation sites (tertiary alicyclic amines) is 1. The zero-order valence-electron chi connectivity index (χ0n) is 19.1. The highest BCUT2D eigenvalue weighted by Gasteiger charge is 2.32. The lowest BCUT2D eigenvalue weighted by atomic mass is 9.94. The number of piperidine rings is 1. The molecule has 0 saturated carbocycles. The van der Waals surface area contributed by atoms with Gasteiger partial charge in [-0.05, 0) is 37.2 Å². The lowest BCUT2D eigenvalue weighted by molar-refractivity contribution is -0.144. The van der Waals surface area contributed by atoms with Crippen molar-refractivity contribution in [3.63, 3.8) is 0 Å². The van der Waals surface area contributed by atoms with E-state index in [1.165, 1.54) is 5.56 Å². The van der Waals surface area contributed by atoms with Gasteiger partial charge in [-0.2, -0.15) is 0 Å². The van der Waals surface area contributed by atoms with Crippen LogP contribution in [0.4, 0.5) is 0 Å². The van der Waals surface area contributed by atoms with Gasteiger partial charge in [-0.3, -0.25) is 14.4 Å². The third-order valence-electron chi connectivity index (χ3n) is 6.55. The van der Waals surface area contributed by atoms with Crippen LogP contribution in [-0.2, 0) is 20.8 Å². The van der Waals surface area contributed by atoms with Gasteiger partial charge in [-0.15, -0.1) is 0 Å². The van der Waals surface area contributed by atoms with E-state index in [1.54, 1.807) is 0 Å². The van der Waals surface area contributed by atoms with Gasteiger partial charge in [-0.25, -0.2) is 0 Å². The summed E-state index contributed by atoms with van der Waals surface area (Å²) in [6.45, 7) is 8.12. The maximum atomic E-state index is 13.0. The number of piperazine rings is 1. The van der Waals surface area contributed by atoms with E-state index < -0.39 is 0 Å². The molecule has 0 bridgehead atoms. The first-order chi connectivity index (χ1) is 14.9. The molecule has 2 saturated heterocycles. The van der Waals surface area contributed by atoms with Gasteiger partial charge >= 0.3 is 0 Å². The second-order valence-corrected chi connectivity index (χ2v) is 9.28. The molecule has 6 nitrogen and oxygen atoms in total. The zero-order chi connectivity index (χ0) is 22.2. The van der Waals surface area contributed by atoms with E-state index in [2.05, 4.69) is 26.0 Å². The predicted octanol–water partition coefficient (Wildman–Crippen LogP) is 2.96. The molecule has 31 heavy (non-hydrogen) atoms. The van der Waals surface area contributed by atoms with Crippen molar-refractivity contribution in [1.82, 2.24) is 14.7 Å². The molecule has 0 radical (unpaired) electrons. The van der Waals surface area contributed by atoms with Crippen LogP contribution in [0.2, 0.25) is 0 Å². The number of hydrogen-bond acceptors (Lipinski definition) is 3. The van der Waals surface area contributed by atoms with Crippen molar-refractivity contribution in [3.8, 4) is 0 Å². The minimum absolute atomic E-state index is 0.00126. The summed E-state index contributed by atoms with van der Waals surface area (Å²) in [6, 6.07) is 10.1. The number of benzene rings is 1. The number of carbonyl (C=O) groups is 3. The van der Waals surface area contributed by atoms with Gasteiger partial charge in [0.05, 0.1) is 0 Å². The topological polar surface area (TPSA) is 60.9 Å². The number of carbonyl (C=O) groups excluding carboxylic acids is 3. The van der Waals surface area contributed by atoms with E-state index >= 15 is 0 Å². The molecule has 2 heterocycles. The van der Waals surface area contributed by atoms with E-state index in [0.717, 1.165) is 25.7 Å². The molecular weight excluding hydrogens is 390 g/mol. The minimum atomic E-state index is 0.00126. The molecule has 6 heteroatoms. The van der Waals surface area contributed by atoms with Crippen LogP contribution < -0.4 is 0 Å². The first-order valence-corrected chi connectivity index (χ1v) is 11.8. The molecule has 3 amide bonds. The van der Waals surface area contributed by atoms with Gasteiger partial charge in [0.1, 0.15) is 0 Å². The average molecular weight is 428 g/mol. The van der Waals surface area contributed by atoms with Crippen molar-refractivity contribution in [2.45, 2.75) is 52.4 Å². The van der Waals surface area contributed by atoms with Crippen LogP contribution in [0.25, 0.3) is 0 Å². The van der Waals surface area contributed by atoms with Gasteiger partial charge in [0.2, 0.25) is 17.7 Å². The molecule has 0 aromatic heterocycles. The van der Waals surface area contributed by atoms with E-state index in [9.17, 15) is 14.4 Å². The number of rotatable bonds is 7. The molecule has 1 aromatic rings. The fourth-order valence-electron chi connectivity index (χ4n) is 4.43. The maximum absolute atomic E-state index is 13.0. The molecular formula is C25H37N3O3. The average Bonchev–Trinajstić information content (AvgIpc) is 2.81. The zero-order valence-corrected chi connectivity index (χ0v) is 19.1. The minimum Gasteiger partial charge on any atom is -0.343 e. The molecule has 170 valence electrons. The summed E-state index contributed by atoms with van der Waals surface area (Å²) in [6.07, 6.45) is 4.28. The van der Waals surface area contributed by atoms with Crippen LogP contribution in [-0.4, -0.2) is 71.7 Å². The largest absolute Gasteiger partial charge is 0.343 e. The van der Waals surface area contributed by atoms with Crippen LogP contribution in [0.3, 0.4) is 0 Å². The van der Waals surface area contributed by atoms with Gasteiger partial charge in [0, 0.05) is 58.0 Å². The van der Waals surface area contributed by atoms with Crippen LogP contribution in [0.1, 0.15) is 51.5 Å². The summed E-state index contributed by atoms with van der Waals surface area (Å²) in [5.41, 5.74) is 1.18. The third kappa shape index (κ3) is 6.81. The Labute approximate surface area is 186 Å². The third-order valence-corrected chi connectivity index (χ3v) is 6.55. The highest BCUT2D eigenvalue weighted by atomic mass is 16.2. The van der Waals surface area contributed by atoms with Crippen molar-refractivity contribution in [1.29, 1.82) is 0 Å². The summed E-state index contributed by atoms with van der Waals surface area (Å²) in [4.78, 5) is 43.5. The summed E-state index contributed by atoms with van der Waals surface area (Å²) >= 11 is 0. The highest BCUT2D eigenvalue weighted by molar-refractivity contribution is 5.81. The number of nitrogens with zero attached hydrogens (tertiary/aromatic N) is 3. The quantitative estimate of drug-likeness (QED) is 0.672. The normalized spacial score (nSPS) is 17.8. The van der Waals surface area contributed by atoms with Gasteiger partial charge in [0.15, 0.2) is 0 Å². The Hall–Kier alpha value is -2.37. The molecule has 1 aromatic carbocycles. The summed E-state index contributed by atoms with van der Waals surface area (Å²) in [7, 11) is 0. The monoisotopic (exact) mass is 427 g/mol. The second kappa shape index (κ2) is 11.3. The Balaban J connectivity index is 1.37. The van der Waals surface area contributed by atoms with Crippen LogP contribution in [0.15, 0.2) is 30.3 Å². The lowest BCUT2D eigenvalue weighted by Crippen LogP contribution is -2.53. The van der Waals surface area contributed by atoms with Crippen molar-refractivity contribution in [2.75, 3.05) is 39.3 Å². The fourth-order valence-corrected chi connectivity index (χ4v) is 4.43. The molecule has 0 spiro atoms. The summed E-state index contributed by atoms with van der Waals surface area (Å²) in [5, 5.41) is 0. The van der Waals surface area contributed by atoms with Gasteiger partial charge < -0.3 is 14.7 Å². The first-order valence-electron chi connectivity index (χ1n) is 11.8. The Kier molecular flexibility index (Phi) is 8.50. The van der Waals surface area contributed by atoms with E-state index in [4.69, 9.17) is 0 Å². The molecule has 0 aliphatic carbocycles. The SMILES string of the molecule is CC(C)CCC(=O)N1CCN(C(=O)C2CCN(C(=O)CCc3ccccc3)CC2)CC1. The predicted molar refractivity (Wildman–Crippen MR) is 121 cm³/mol. The van der Waals surface area contributed by atoms with Crippen molar-refractivity contribution in [2.24, 2.45) is 11.8 Å². The summed E-state index contributed by atoms with van der Waals surface area (Å²) in [5.74, 6) is 1.13. The van der Waals surface area contributed by atoms with E-state index in [0.29, 0.717) is 58.0 Å². The maximum Gasteiger partial charge on any atom is 0.225 e. The molecule has 3 rings (SSSR count). The molecule has 2 fully saturated rings. The van der Waals surface area contributed by atoms with Crippen LogP contribution >= 0.6 is 0 Å². The molecule has 2 aliphatic heterocycles.